The van der Waals surface area contributed by atoms with Gasteiger partial charge in [-0.25, -0.2) is 8.78 Å². The van der Waals surface area contributed by atoms with Crippen LogP contribution < -0.4 is 10.1 Å². The van der Waals surface area contributed by atoms with Crippen molar-refractivity contribution in [1.82, 2.24) is 5.32 Å². The lowest BCUT2D eigenvalue weighted by atomic mass is 10.1. The van der Waals surface area contributed by atoms with E-state index in [0.29, 0.717) is 5.75 Å². The third kappa shape index (κ3) is 3.72. The van der Waals surface area contributed by atoms with Crippen molar-refractivity contribution in [3.63, 3.8) is 0 Å². The molecule has 0 saturated carbocycles. The van der Waals surface area contributed by atoms with Gasteiger partial charge in [0.05, 0.1) is 0 Å². The van der Waals surface area contributed by atoms with Crippen molar-refractivity contribution >= 4 is 15.9 Å². The highest BCUT2D eigenvalue weighted by Crippen LogP contribution is 2.28. The van der Waals surface area contributed by atoms with Crippen LogP contribution in [0, 0.1) is 0 Å². The molecule has 0 aliphatic heterocycles. The summed E-state index contributed by atoms with van der Waals surface area (Å²) in [6.07, 6.45) is -2.46. The average Bonchev–Trinajstić information content (AvgIpc) is 2.25. The zero-order valence-electron chi connectivity index (χ0n) is 9.14. The number of alkyl halides is 2. The summed E-state index contributed by atoms with van der Waals surface area (Å²) in [5, 5.41) is 3.05. The normalized spacial score (nSPS) is 12.9. The van der Waals surface area contributed by atoms with Crippen LogP contribution in [0.25, 0.3) is 0 Å². The van der Waals surface area contributed by atoms with Crippen LogP contribution in [0.15, 0.2) is 22.7 Å². The molecule has 1 aromatic rings. The topological polar surface area (TPSA) is 21.3 Å². The van der Waals surface area contributed by atoms with E-state index in [1.807, 2.05) is 26.1 Å². The number of hydrogen-bond acceptors (Lipinski definition) is 2. The maximum atomic E-state index is 12.1. The van der Waals surface area contributed by atoms with Crippen molar-refractivity contribution < 1.29 is 13.5 Å². The molecule has 0 saturated heterocycles. The van der Waals surface area contributed by atoms with E-state index in [1.54, 1.807) is 6.07 Å². The van der Waals surface area contributed by atoms with Gasteiger partial charge in [0, 0.05) is 16.1 Å². The Kier molecular flexibility index (Phi) is 5.15. The fraction of sp³-hybridized carbons (Fsp3) is 0.455. The van der Waals surface area contributed by atoms with Crippen LogP contribution in [0.1, 0.15) is 18.5 Å². The van der Waals surface area contributed by atoms with Crippen LogP contribution in [0.2, 0.25) is 0 Å². The first-order valence-electron chi connectivity index (χ1n) is 4.92. The summed E-state index contributed by atoms with van der Waals surface area (Å²) in [4.78, 5) is 0. The SMILES string of the molecule is CNC(C)c1ccc(Br)cc1OCC(F)F. The monoisotopic (exact) mass is 293 g/mol. The number of benzene rings is 1. The molecule has 0 radical (unpaired) electrons. The summed E-state index contributed by atoms with van der Waals surface area (Å²) in [6.45, 7) is 1.36. The molecule has 0 aliphatic rings. The molecule has 2 nitrogen and oxygen atoms in total. The summed E-state index contributed by atoms with van der Waals surface area (Å²) in [5.41, 5.74) is 0.867. The van der Waals surface area contributed by atoms with Crippen molar-refractivity contribution in [3.8, 4) is 5.75 Å². The molecular weight excluding hydrogens is 280 g/mol. The van der Waals surface area contributed by atoms with Crippen molar-refractivity contribution in [1.29, 1.82) is 0 Å². The Labute approximate surface area is 102 Å². The summed E-state index contributed by atoms with van der Waals surface area (Å²) < 4.78 is 30.1. The van der Waals surface area contributed by atoms with E-state index >= 15 is 0 Å². The molecule has 0 fully saturated rings. The lowest BCUT2D eigenvalue weighted by Gasteiger charge is -2.16. The lowest BCUT2D eigenvalue weighted by Crippen LogP contribution is -2.15. The van der Waals surface area contributed by atoms with Gasteiger partial charge in [-0.05, 0) is 26.1 Å². The van der Waals surface area contributed by atoms with Crippen molar-refractivity contribution in [2.24, 2.45) is 0 Å². The molecule has 1 unspecified atom stereocenters. The maximum absolute atomic E-state index is 12.1. The summed E-state index contributed by atoms with van der Waals surface area (Å²) in [6, 6.07) is 5.47. The van der Waals surface area contributed by atoms with E-state index in [4.69, 9.17) is 4.74 Å². The minimum absolute atomic E-state index is 0.0563. The average molecular weight is 294 g/mol. The zero-order valence-corrected chi connectivity index (χ0v) is 10.7. The van der Waals surface area contributed by atoms with Gasteiger partial charge in [-0.3, -0.25) is 0 Å². The van der Waals surface area contributed by atoms with E-state index in [1.165, 1.54) is 0 Å². The quantitative estimate of drug-likeness (QED) is 0.899. The van der Waals surface area contributed by atoms with Crippen LogP contribution in [-0.4, -0.2) is 20.1 Å². The van der Waals surface area contributed by atoms with Crippen molar-refractivity contribution in [3.05, 3.63) is 28.2 Å². The minimum atomic E-state index is -2.46. The smallest absolute Gasteiger partial charge is 0.272 e. The zero-order chi connectivity index (χ0) is 12.1. The molecule has 0 aromatic heterocycles. The van der Waals surface area contributed by atoms with Gasteiger partial charge >= 0.3 is 0 Å². The van der Waals surface area contributed by atoms with Crippen LogP contribution in [0.3, 0.4) is 0 Å². The number of ether oxygens (including phenoxy) is 1. The molecule has 0 heterocycles. The van der Waals surface area contributed by atoms with E-state index < -0.39 is 13.0 Å². The number of rotatable bonds is 5. The molecule has 1 atom stereocenters. The summed E-state index contributed by atoms with van der Waals surface area (Å²) in [5.74, 6) is 0.483. The Morgan fingerprint density at radius 1 is 1.44 bits per heavy atom. The highest BCUT2D eigenvalue weighted by molar-refractivity contribution is 9.10. The predicted molar refractivity (Wildman–Crippen MR) is 63.1 cm³/mol. The van der Waals surface area contributed by atoms with Gasteiger partial charge in [-0.15, -0.1) is 0 Å². The number of nitrogens with one attached hydrogen (secondary N) is 1. The standard InChI is InChI=1S/C11H14BrF2NO/c1-7(15-2)9-4-3-8(12)5-10(9)16-6-11(13)14/h3-5,7,11,15H,6H2,1-2H3. The molecule has 5 heteroatoms. The second-order valence-corrected chi connectivity index (χ2v) is 4.31. The third-order valence-corrected chi connectivity index (χ3v) is 2.73. The fourth-order valence-electron chi connectivity index (χ4n) is 1.30. The third-order valence-electron chi connectivity index (χ3n) is 2.24. The Morgan fingerprint density at radius 2 is 2.12 bits per heavy atom. The highest BCUT2D eigenvalue weighted by atomic mass is 79.9. The van der Waals surface area contributed by atoms with Gasteiger partial charge in [0.1, 0.15) is 12.4 Å². The van der Waals surface area contributed by atoms with Gasteiger partial charge in [0.2, 0.25) is 0 Å². The van der Waals surface area contributed by atoms with Gasteiger partial charge in [-0.1, -0.05) is 22.0 Å². The minimum Gasteiger partial charge on any atom is -0.487 e. The number of hydrogen-bond donors (Lipinski definition) is 1. The Bertz CT molecular complexity index is 347. The lowest BCUT2D eigenvalue weighted by molar-refractivity contribution is 0.0811. The first kappa shape index (κ1) is 13.4. The van der Waals surface area contributed by atoms with E-state index in [-0.39, 0.29) is 6.04 Å². The van der Waals surface area contributed by atoms with Crippen LogP contribution in [0.5, 0.6) is 5.75 Å². The van der Waals surface area contributed by atoms with E-state index in [0.717, 1.165) is 10.0 Å². The Morgan fingerprint density at radius 3 is 2.69 bits per heavy atom. The molecule has 1 N–H and O–H groups in total. The van der Waals surface area contributed by atoms with Crippen LogP contribution in [-0.2, 0) is 0 Å². The Balaban J connectivity index is 2.89. The molecule has 0 amide bonds. The van der Waals surface area contributed by atoms with E-state index in [9.17, 15) is 8.78 Å². The van der Waals surface area contributed by atoms with Crippen molar-refractivity contribution in [2.45, 2.75) is 19.4 Å². The highest BCUT2D eigenvalue weighted by Gasteiger charge is 2.12. The predicted octanol–water partition coefficient (Wildman–Crippen LogP) is 3.37. The molecule has 0 spiro atoms. The molecule has 1 rings (SSSR count). The molecule has 0 bridgehead atoms. The summed E-state index contributed by atoms with van der Waals surface area (Å²) >= 11 is 3.29. The van der Waals surface area contributed by atoms with Crippen LogP contribution in [0.4, 0.5) is 8.78 Å². The second-order valence-electron chi connectivity index (χ2n) is 3.39. The molecule has 90 valence electrons. The Hall–Kier alpha value is -0.680. The molecule has 0 aliphatic carbocycles. The van der Waals surface area contributed by atoms with Gasteiger partial charge in [0.25, 0.3) is 6.43 Å². The molecular formula is C11H14BrF2NO. The molecule has 1 aromatic carbocycles. The van der Waals surface area contributed by atoms with E-state index in [2.05, 4.69) is 21.2 Å². The number of halogens is 3. The largest absolute Gasteiger partial charge is 0.487 e. The first-order valence-corrected chi connectivity index (χ1v) is 5.71. The van der Waals surface area contributed by atoms with Crippen molar-refractivity contribution in [2.75, 3.05) is 13.7 Å². The first-order chi connectivity index (χ1) is 7.54. The second kappa shape index (κ2) is 6.15. The van der Waals surface area contributed by atoms with Gasteiger partial charge in [0.15, 0.2) is 0 Å². The summed E-state index contributed by atoms with van der Waals surface area (Å²) in [7, 11) is 1.81. The molecule has 16 heavy (non-hydrogen) atoms. The van der Waals surface area contributed by atoms with Crippen LogP contribution >= 0.6 is 15.9 Å². The maximum Gasteiger partial charge on any atom is 0.272 e. The fourth-order valence-corrected chi connectivity index (χ4v) is 1.64. The van der Waals surface area contributed by atoms with Gasteiger partial charge in [-0.2, -0.15) is 0 Å². The van der Waals surface area contributed by atoms with Gasteiger partial charge < -0.3 is 10.1 Å².